The maximum Gasteiger partial charge on any atom is 0.303 e. The number of hydrogen-bond acceptors (Lipinski definition) is 4. The topological polar surface area (TPSA) is 38.8 Å². The normalized spacial score (nSPS) is 25.6. The number of hydrogen-bond donors (Lipinski definition) is 0. The van der Waals surface area contributed by atoms with Crippen molar-refractivity contribution in [1.29, 1.82) is 0 Å². The molecule has 1 aromatic rings. The Morgan fingerprint density at radius 2 is 2.05 bits per heavy atom. The van der Waals surface area contributed by atoms with Crippen molar-refractivity contribution in [2.75, 3.05) is 4.43 Å². The molecule has 0 spiro atoms. The van der Waals surface area contributed by atoms with E-state index in [9.17, 15) is 4.79 Å². The van der Waals surface area contributed by atoms with Gasteiger partial charge in [-0.25, -0.2) is 0 Å². The monoisotopic (exact) mass is 417 g/mol. The first-order valence-corrected chi connectivity index (χ1v) is 9.24. The summed E-state index contributed by atoms with van der Waals surface area (Å²) in [4.78, 5) is 17.5. The minimum Gasteiger partial charge on any atom is -0.458 e. The summed E-state index contributed by atoms with van der Waals surface area (Å²) >= 11 is 2.29. The number of carbonyl (C=O) groups excluding carboxylic acids is 1. The van der Waals surface area contributed by atoms with Gasteiger partial charge in [0.15, 0.2) is 0 Å². The molecule has 1 heterocycles. The Bertz CT molecular complexity index is 480. The van der Waals surface area contributed by atoms with Crippen LogP contribution in [0.25, 0.3) is 0 Å². The van der Waals surface area contributed by atoms with Crippen LogP contribution in [-0.4, -0.2) is 33.7 Å². The van der Waals surface area contributed by atoms with Gasteiger partial charge in [-0.2, -0.15) is 5.06 Å². The molecule has 0 radical (unpaired) electrons. The van der Waals surface area contributed by atoms with Crippen molar-refractivity contribution < 1.29 is 14.4 Å². The zero-order valence-electron chi connectivity index (χ0n) is 13.4. The molecule has 0 amide bonds. The third-order valence-corrected chi connectivity index (χ3v) is 4.60. The molecule has 122 valence electrons. The van der Waals surface area contributed by atoms with Gasteiger partial charge >= 0.3 is 5.97 Å². The second kappa shape index (κ2) is 8.26. The van der Waals surface area contributed by atoms with E-state index >= 15 is 0 Å². The van der Waals surface area contributed by atoms with Gasteiger partial charge in [0.05, 0.1) is 6.04 Å². The number of carbonyl (C=O) groups is 1. The smallest absolute Gasteiger partial charge is 0.303 e. The lowest BCUT2D eigenvalue weighted by atomic mass is 9.97. The average molecular weight is 417 g/mol. The van der Waals surface area contributed by atoms with E-state index < -0.39 is 0 Å². The van der Waals surface area contributed by atoms with E-state index in [4.69, 9.17) is 9.57 Å². The van der Waals surface area contributed by atoms with Gasteiger partial charge in [0.1, 0.15) is 12.2 Å². The Morgan fingerprint density at radius 3 is 2.59 bits per heavy atom. The molecule has 22 heavy (non-hydrogen) atoms. The molecule has 4 nitrogen and oxygen atoms in total. The Morgan fingerprint density at radius 1 is 1.36 bits per heavy atom. The summed E-state index contributed by atoms with van der Waals surface area (Å²) in [6.07, 6.45) is 0.676. The third-order valence-electron chi connectivity index (χ3n) is 3.73. The Hall–Kier alpha value is -0.660. The summed E-state index contributed by atoms with van der Waals surface area (Å²) in [6, 6.07) is 10.4. The minimum absolute atomic E-state index is 0.0723. The molecular formula is C17H24INO3. The van der Waals surface area contributed by atoms with E-state index in [2.05, 4.69) is 48.6 Å². The molecular weight excluding hydrogens is 393 g/mol. The number of hydroxylamine groups is 2. The number of ether oxygens (including phenoxy) is 1. The lowest BCUT2D eigenvalue weighted by molar-refractivity contribution is -0.166. The van der Waals surface area contributed by atoms with Crippen molar-refractivity contribution in [3.8, 4) is 0 Å². The first-order chi connectivity index (χ1) is 10.5. The van der Waals surface area contributed by atoms with Crippen LogP contribution in [0.5, 0.6) is 0 Å². The van der Waals surface area contributed by atoms with Gasteiger partial charge in [-0.15, -0.1) is 0 Å². The molecule has 1 aliphatic heterocycles. The quantitative estimate of drug-likeness (QED) is 0.403. The van der Waals surface area contributed by atoms with Crippen LogP contribution in [0, 0.1) is 5.92 Å². The van der Waals surface area contributed by atoms with Gasteiger partial charge in [0.25, 0.3) is 0 Å². The molecule has 3 atom stereocenters. The van der Waals surface area contributed by atoms with Gasteiger partial charge in [-0.05, 0) is 17.9 Å². The van der Waals surface area contributed by atoms with Crippen LogP contribution in [-0.2, 0) is 20.9 Å². The van der Waals surface area contributed by atoms with Gasteiger partial charge in [-0.3, -0.25) is 9.63 Å². The van der Waals surface area contributed by atoms with E-state index in [-0.39, 0.29) is 24.2 Å². The Kier molecular flexibility index (Phi) is 6.65. The van der Waals surface area contributed by atoms with Crippen molar-refractivity contribution in [1.82, 2.24) is 5.06 Å². The van der Waals surface area contributed by atoms with E-state index in [0.717, 1.165) is 10.8 Å². The number of nitrogens with zero attached hydrogens (tertiary/aromatic N) is 1. The predicted octanol–water partition coefficient (Wildman–Crippen LogP) is 3.58. The second-order valence-corrected chi connectivity index (χ2v) is 7.01. The molecule has 1 aromatic carbocycles. The highest BCUT2D eigenvalue weighted by Gasteiger charge is 2.45. The van der Waals surface area contributed by atoms with Crippen LogP contribution in [0.2, 0.25) is 0 Å². The lowest BCUT2D eigenvalue weighted by Crippen LogP contribution is -2.39. The highest BCUT2D eigenvalue weighted by atomic mass is 127. The summed E-state index contributed by atoms with van der Waals surface area (Å²) in [6.45, 7) is 6.55. The zero-order chi connectivity index (χ0) is 16.1. The van der Waals surface area contributed by atoms with E-state index in [1.54, 1.807) is 0 Å². The summed E-state index contributed by atoms with van der Waals surface area (Å²) in [7, 11) is 0. The number of halogens is 1. The number of benzene rings is 1. The largest absolute Gasteiger partial charge is 0.458 e. The summed E-state index contributed by atoms with van der Waals surface area (Å²) in [5.74, 6) is 0.275. The summed E-state index contributed by atoms with van der Waals surface area (Å²) < 4.78 is 6.39. The highest BCUT2D eigenvalue weighted by molar-refractivity contribution is 14.1. The van der Waals surface area contributed by atoms with Gasteiger partial charge in [0.2, 0.25) is 0 Å². The number of alkyl halides is 1. The fourth-order valence-electron chi connectivity index (χ4n) is 2.84. The highest BCUT2D eigenvalue weighted by Crippen LogP contribution is 2.31. The van der Waals surface area contributed by atoms with Crippen LogP contribution in [0.4, 0.5) is 0 Å². The van der Waals surface area contributed by atoms with Gasteiger partial charge in [-0.1, -0.05) is 66.8 Å². The Labute approximate surface area is 146 Å². The van der Waals surface area contributed by atoms with Crippen molar-refractivity contribution in [3.63, 3.8) is 0 Å². The van der Waals surface area contributed by atoms with Crippen molar-refractivity contribution >= 4 is 28.6 Å². The van der Waals surface area contributed by atoms with Crippen molar-refractivity contribution in [2.24, 2.45) is 5.92 Å². The molecule has 2 rings (SSSR count). The molecule has 1 saturated heterocycles. The van der Waals surface area contributed by atoms with Crippen molar-refractivity contribution in [3.05, 3.63) is 35.9 Å². The van der Waals surface area contributed by atoms with Gasteiger partial charge < -0.3 is 4.74 Å². The molecule has 0 unspecified atom stereocenters. The molecule has 1 aliphatic rings. The fourth-order valence-corrected chi connectivity index (χ4v) is 3.50. The minimum atomic E-state index is -0.237. The summed E-state index contributed by atoms with van der Waals surface area (Å²) in [5.41, 5.74) is 1.20. The molecule has 0 aliphatic carbocycles. The third kappa shape index (κ3) is 4.67. The van der Waals surface area contributed by atoms with E-state index in [1.807, 2.05) is 23.3 Å². The molecule has 0 N–H and O–H groups in total. The zero-order valence-corrected chi connectivity index (χ0v) is 15.5. The number of rotatable bonds is 6. The average Bonchev–Trinajstić information content (AvgIpc) is 2.77. The van der Waals surface area contributed by atoms with Crippen LogP contribution in [0.1, 0.15) is 32.8 Å². The van der Waals surface area contributed by atoms with E-state index in [1.165, 1.54) is 12.5 Å². The summed E-state index contributed by atoms with van der Waals surface area (Å²) in [5, 5.41) is 2.01. The fraction of sp³-hybridized carbons (Fsp3) is 0.588. The maximum atomic E-state index is 11.5. The van der Waals surface area contributed by atoms with Crippen LogP contribution in [0.15, 0.2) is 30.3 Å². The maximum absolute atomic E-state index is 11.5. The van der Waals surface area contributed by atoms with E-state index in [0.29, 0.717) is 12.5 Å². The second-order valence-electron chi connectivity index (χ2n) is 6.13. The SMILES string of the molecule is CC(=O)O[C@@H]1[C@H](CI)ON(Cc2ccccc2)[C@H]1CC(C)C. The van der Waals surface area contributed by atoms with Crippen LogP contribution >= 0.6 is 22.6 Å². The predicted molar refractivity (Wildman–Crippen MR) is 94.5 cm³/mol. The molecule has 5 heteroatoms. The molecule has 0 aromatic heterocycles. The van der Waals surface area contributed by atoms with Crippen LogP contribution in [0.3, 0.4) is 0 Å². The molecule has 0 saturated carbocycles. The van der Waals surface area contributed by atoms with Crippen LogP contribution < -0.4 is 0 Å². The lowest BCUT2D eigenvalue weighted by Gasteiger charge is -2.26. The standard InChI is InChI=1S/C17H24INO3/c1-12(2)9-15-17(21-13(3)20)16(10-18)22-19(15)11-14-7-5-4-6-8-14/h4-8,12,15-17H,9-11H2,1-3H3/t15-,16-,17-/m0/s1. The van der Waals surface area contributed by atoms with Gasteiger partial charge in [0, 0.05) is 17.9 Å². The first kappa shape index (κ1) is 17.7. The molecule has 1 fully saturated rings. The number of esters is 1. The first-order valence-electron chi connectivity index (χ1n) is 7.71. The Balaban J connectivity index is 2.17. The molecule has 0 bridgehead atoms. The van der Waals surface area contributed by atoms with Crippen molar-refractivity contribution in [2.45, 2.75) is 52.0 Å².